The highest BCUT2D eigenvalue weighted by Gasteiger charge is 2.41. The van der Waals surface area contributed by atoms with E-state index in [1.165, 1.54) is 25.7 Å². The molecule has 0 aromatic heterocycles. The molecule has 0 bridgehead atoms. The number of nitrogens with zero attached hydrogens (tertiary/aromatic N) is 2. The number of amidine groups is 1. The molecule has 124 valence electrons. The van der Waals surface area contributed by atoms with E-state index in [-0.39, 0.29) is 6.09 Å². The molecule has 0 radical (unpaired) electrons. The minimum atomic E-state index is -0.442. The smallest absolute Gasteiger partial charge is 0.410 e. The summed E-state index contributed by atoms with van der Waals surface area (Å²) in [5, 5.41) is 3.51. The monoisotopic (exact) mass is 307 g/mol. The number of carbonyl (C=O) groups excluding carboxylic acids is 1. The maximum absolute atomic E-state index is 12.2. The molecule has 3 rings (SSSR count). The molecular formula is C17H29N3O2. The van der Waals surface area contributed by atoms with Crippen molar-refractivity contribution in [3.63, 3.8) is 0 Å². The molecule has 1 amide bonds. The Bertz CT molecular complexity index is 435. The van der Waals surface area contributed by atoms with Crippen LogP contribution in [-0.4, -0.2) is 48.6 Å². The Morgan fingerprint density at radius 3 is 2.50 bits per heavy atom. The van der Waals surface area contributed by atoms with Crippen LogP contribution in [0.5, 0.6) is 0 Å². The molecule has 1 aliphatic heterocycles. The summed E-state index contributed by atoms with van der Waals surface area (Å²) in [6, 6.07) is 0. The summed E-state index contributed by atoms with van der Waals surface area (Å²) in [5.74, 6) is 3.64. The van der Waals surface area contributed by atoms with Crippen molar-refractivity contribution >= 4 is 11.9 Å². The Balaban J connectivity index is 1.47. The fourth-order valence-corrected chi connectivity index (χ4v) is 3.21. The number of amides is 1. The van der Waals surface area contributed by atoms with E-state index in [2.05, 4.69) is 10.3 Å². The van der Waals surface area contributed by atoms with Crippen LogP contribution >= 0.6 is 0 Å². The quantitative estimate of drug-likeness (QED) is 0.869. The molecule has 2 fully saturated rings. The standard InChI is InChI=1S/C17H29N3O2/c1-17(2,3)22-16(21)20-9-8-18-15(11-20)19-10-14(12-4-5-12)13-6-7-13/h12-14H,4-11H2,1-3H3,(H,18,19). The van der Waals surface area contributed by atoms with E-state index in [1.54, 1.807) is 4.90 Å². The second-order valence-electron chi connectivity index (χ2n) is 7.95. The van der Waals surface area contributed by atoms with Crippen LogP contribution in [0.1, 0.15) is 46.5 Å². The fraction of sp³-hybridized carbons (Fsp3) is 0.882. The minimum absolute atomic E-state index is 0.234. The van der Waals surface area contributed by atoms with Gasteiger partial charge in [-0.1, -0.05) is 0 Å². The van der Waals surface area contributed by atoms with Crippen molar-refractivity contribution < 1.29 is 9.53 Å². The summed E-state index contributed by atoms with van der Waals surface area (Å²) in [7, 11) is 0. The number of hydrogen-bond acceptors (Lipinski definition) is 4. The molecule has 22 heavy (non-hydrogen) atoms. The van der Waals surface area contributed by atoms with E-state index in [4.69, 9.17) is 4.74 Å². The van der Waals surface area contributed by atoms with Crippen LogP contribution in [0.2, 0.25) is 0 Å². The lowest BCUT2D eigenvalue weighted by Crippen LogP contribution is -2.48. The van der Waals surface area contributed by atoms with E-state index in [9.17, 15) is 4.79 Å². The molecule has 0 aromatic carbocycles. The third kappa shape index (κ3) is 4.37. The van der Waals surface area contributed by atoms with Gasteiger partial charge >= 0.3 is 6.09 Å². The SMILES string of the molecule is CC(C)(C)OC(=O)N1CCN=C(NCC(C2CC2)C2CC2)C1. The Kier molecular flexibility index (Phi) is 4.33. The van der Waals surface area contributed by atoms with Crippen LogP contribution in [0.3, 0.4) is 0 Å². The van der Waals surface area contributed by atoms with Crippen molar-refractivity contribution in [1.82, 2.24) is 10.2 Å². The summed E-state index contributed by atoms with van der Waals surface area (Å²) in [5.41, 5.74) is -0.442. The van der Waals surface area contributed by atoms with Gasteiger partial charge in [0, 0.05) is 13.1 Å². The van der Waals surface area contributed by atoms with Gasteiger partial charge in [0.25, 0.3) is 0 Å². The largest absolute Gasteiger partial charge is 0.444 e. The van der Waals surface area contributed by atoms with Crippen LogP contribution in [0.4, 0.5) is 4.79 Å². The van der Waals surface area contributed by atoms with Gasteiger partial charge in [-0.25, -0.2) is 4.79 Å². The molecule has 5 heteroatoms. The summed E-state index contributed by atoms with van der Waals surface area (Å²) < 4.78 is 5.45. The molecule has 0 saturated heterocycles. The zero-order valence-corrected chi connectivity index (χ0v) is 14.1. The maximum atomic E-state index is 12.2. The van der Waals surface area contributed by atoms with Gasteiger partial charge in [-0.05, 0) is 64.2 Å². The third-order valence-corrected chi connectivity index (χ3v) is 4.66. The number of aliphatic imine (C=N–C) groups is 1. The van der Waals surface area contributed by atoms with E-state index in [1.807, 2.05) is 20.8 Å². The van der Waals surface area contributed by atoms with Gasteiger partial charge in [0.1, 0.15) is 11.4 Å². The molecule has 1 N–H and O–H groups in total. The first kappa shape index (κ1) is 15.6. The molecular weight excluding hydrogens is 278 g/mol. The number of rotatable bonds is 4. The Morgan fingerprint density at radius 1 is 1.32 bits per heavy atom. The predicted octanol–water partition coefficient (Wildman–Crippen LogP) is 2.66. The van der Waals surface area contributed by atoms with Crippen LogP contribution in [0.25, 0.3) is 0 Å². The highest BCUT2D eigenvalue weighted by Crippen LogP contribution is 2.48. The second kappa shape index (κ2) is 6.09. The maximum Gasteiger partial charge on any atom is 0.410 e. The average molecular weight is 307 g/mol. The van der Waals surface area contributed by atoms with Crippen LogP contribution in [0.15, 0.2) is 4.99 Å². The minimum Gasteiger partial charge on any atom is -0.444 e. The molecule has 1 heterocycles. The summed E-state index contributed by atoms with van der Waals surface area (Å²) in [4.78, 5) is 18.5. The van der Waals surface area contributed by atoms with Crippen LogP contribution in [-0.2, 0) is 4.74 Å². The molecule has 3 aliphatic rings. The van der Waals surface area contributed by atoms with Crippen molar-refractivity contribution in [3.8, 4) is 0 Å². The van der Waals surface area contributed by atoms with E-state index < -0.39 is 5.60 Å². The van der Waals surface area contributed by atoms with Gasteiger partial charge in [0.05, 0.1) is 13.1 Å². The Hall–Kier alpha value is -1.26. The molecule has 0 atom stereocenters. The number of nitrogens with one attached hydrogen (secondary N) is 1. The summed E-state index contributed by atoms with van der Waals surface area (Å²) in [6.07, 6.45) is 5.37. The lowest BCUT2D eigenvalue weighted by molar-refractivity contribution is 0.0276. The van der Waals surface area contributed by atoms with Gasteiger partial charge in [-0.15, -0.1) is 0 Å². The molecule has 0 spiro atoms. The topological polar surface area (TPSA) is 53.9 Å². The van der Waals surface area contributed by atoms with Crippen molar-refractivity contribution in [2.45, 2.75) is 52.1 Å². The summed E-state index contributed by atoms with van der Waals surface area (Å²) in [6.45, 7) is 8.59. The van der Waals surface area contributed by atoms with Gasteiger partial charge in [-0.3, -0.25) is 9.89 Å². The fourth-order valence-electron chi connectivity index (χ4n) is 3.21. The predicted molar refractivity (Wildman–Crippen MR) is 87.0 cm³/mol. The molecule has 5 nitrogen and oxygen atoms in total. The van der Waals surface area contributed by atoms with E-state index >= 15 is 0 Å². The molecule has 2 aliphatic carbocycles. The highest BCUT2D eigenvalue weighted by molar-refractivity contribution is 5.87. The number of ether oxygens (including phenoxy) is 1. The van der Waals surface area contributed by atoms with Gasteiger partial charge < -0.3 is 10.1 Å². The van der Waals surface area contributed by atoms with Crippen LogP contribution in [0, 0.1) is 17.8 Å². The van der Waals surface area contributed by atoms with Gasteiger partial charge in [0.2, 0.25) is 0 Å². The normalized spacial score (nSPS) is 22.5. The van der Waals surface area contributed by atoms with Crippen molar-refractivity contribution in [1.29, 1.82) is 0 Å². The first-order valence-electron chi connectivity index (χ1n) is 8.67. The Morgan fingerprint density at radius 2 is 1.95 bits per heavy atom. The van der Waals surface area contributed by atoms with Crippen molar-refractivity contribution in [3.05, 3.63) is 0 Å². The van der Waals surface area contributed by atoms with Crippen LogP contribution < -0.4 is 5.32 Å². The lowest BCUT2D eigenvalue weighted by Gasteiger charge is -2.30. The number of hydrogen-bond donors (Lipinski definition) is 1. The van der Waals surface area contributed by atoms with Crippen molar-refractivity contribution in [2.24, 2.45) is 22.7 Å². The molecule has 0 unspecified atom stereocenters. The Labute approximate surface area is 133 Å². The first-order chi connectivity index (χ1) is 10.4. The number of carbonyl (C=O) groups is 1. The second-order valence-corrected chi connectivity index (χ2v) is 7.95. The zero-order chi connectivity index (χ0) is 15.7. The average Bonchev–Trinajstić information content (AvgIpc) is 3.31. The van der Waals surface area contributed by atoms with Gasteiger partial charge in [-0.2, -0.15) is 0 Å². The molecule has 0 aromatic rings. The van der Waals surface area contributed by atoms with E-state index in [0.29, 0.717) is 19.6 Å². The third-order valence-electron chi connectivity index (χ3n) is 4.66. The first-order valence-corrected chi connectivity index (χ1v) is 8.67. The zero-order valence-electron chi connectivity index (χ0n) is 14.1. The van der Waals surface area contributed by atoms with Crippen molar-refractivity contribution in [2.75, 3.05) is 26.2 Å². The van der Waals surface area contributed by atoms with E-state index in [0.717, 1.165) is 30.1 Å². The highest BCUT2D eigenvalue weighted by atomic mass is 16.6. The molecule has 2 saturated carbocycles. The lowest BCUT2D eigenvalue weighted by atomic mass is 9.98. The van der Waals surface area contributed by atoms with Gasteiger partial charge in [0.15, 0.2) is 0 Å². The summed E-state index contributed by atoms with van der Waals surface area (Å²) >= 11 is 0.